The van der Waals surface area contributed by atoms with Gasteiger partial charge in [0.25, 0.3) is 0 Å². The fourth-order valence-corrected chi connectivity index (χ4v) is 3.26. The van der Waals surface area contributed by atoms with Crippen molar-refractivity contribution in [3.05, 3.63) is 40.7 Å². The second kappa shape index (κ2) is 5.75. The first-order chi connectivity index (χ1) is 9.02. The second-order valence-corrected chi connectivity index (χ2v) is 6.05. The van der Waals surface area contributed by atoms with Crippen LogP contribution in [-0.2, 0) is 23.1 Å². The minimum absolute atomic E-state index is 0.359. The molecule has 6 heteroatoms. The number of hydrogen-bond acceptors (Lipinski definition) is 3. The van der Waals surface area contributed by atoms with E-state index in [4.69, 9.17) is 17.3 Å². The lowest BCUT2D eigenvalue weighted by atomic mass is 10.3. The van der Waals surface area contributed by atoms with Crippen molar-refractivity contribution in [2.45, 2.75) is 31.0 Å². The number of anilines is 1. The van der Waals surface area contributed by atoms with Gasteiger partial charge in [0.05, 0.1) is 33.0 Å². The zero-order valence-corrected chi connectivity index (χ0v) is 12.5. The van der Waals surface area contributed by atoms with E-state index in [9.17, 15) is 4.21 Å². The number of aromatic nitrogens is 2. The van der Waals surface area contributed by atoms with Gasteiger partial charge in [-0.05, 0) is 38.1 Å². The van der Waals surface area contributed by atoms with Crippen molar-refractivity contribution < 1.29 is 4.21 Å². The number of halogens is 1. The highest BCUT2D eigenvalue weighted by Crippen LogP contribution is 2.23. The smallest absolute Gasteiger partial charge is 0.0856 e. The monoisotopic (exact) mass is 297 g/mol. The summed E-state index contributed by atoms with van der Waals surface area (Å²) in [6, 6.07) is 7.05. The fourth-order valence-electron chi connectivity index (χ4n) is 1.83. The van der Waals surface area contributed by atoms with Crippen molar-refractivity contribution in [2.24, 2.45) is 0 Å². The molecule has 1 aromatic heterocycles. The third-order valence-electron chi connectivity index (χ3n) is 2.86. The lowest BCUT2D eigenvalue weighted by Gasteiger charge is -2.06. The van der Waals surface area contributed by atoms with E-state index in [1.54, 1.807) is 28.9 Å². The molecule has 0 aliphatic carbocycles. The largest absolute Gasteiger partial charge is 0.399 e. The molecule has 1 unspecified atom stereocenters. The van der Waals surface area contributed by atoms with Crippen LogP contribution in [0, 0.1) is 6.92 Å². The van der Waals surface area contributed by atoms with Gasteiger partial charge in [0, 0.05) is 17.1 Å². The number of rotatable bonds is 4. The van der Waals surface area contributed by atoms with Crippen LogP contribution in [0.25, 0.3) is 0 Å². The first-order valence-electron chi connectivity index (χ1n) is 5.98. The van der Waals surface area contributed by atoms with Gasteiger partial charge >= 0.3 is 0 Å². The normalized spacial score (nSPS) is 12.6. The Morgan fingerprint density at radius 3 is 2.58 bits per heavy atom. The Hall–Kier alpha value is -1.33. The van der Waals surface area contributed by atoms with Crippen molar-refractivity contribution >= 4 is 28.1 Å². The van der Waals surface area contributed by atoms with Crippen LogP contribution in [0.5, 0.6) is 0 Å². The van der Waals surface area contributed by atoms with Crippen LogP contribution in [0.3, 0.4) is 0 Å². The molecule has 0 saturated carbocycles. The van der Waals surface area contributed by atoms with Gasteiger partial charge in [-0.3, -0.25) is 8.89 Å². The maximum absolute atomic E-state index is 12.3. The fraction of sp³-hybridized carbons (Fsp3) is 0.308. The average Bonchev–Trinajstić information content (AvgIpc) is 2.67. The molecule has 19 heavy (non-hydrogen) atoms. The minimum atomic E-state index is -1.15. The molecule has 2 aromatic rings. The van der Waals surface area contributed by atoms with Crippen LogP contribution >= 0.6 is 11.6 Å². The maximum Gasteiger partial charge on any atom is 0.0856 e. The average molecular weight is 298 g/mol. The number of nitrogens with zero attached hydrogens (tertiary/aromatic N) is 2. The van der Waals surface area contributed by atoms with Crippen molar-refractivity contribution in [2.75, 3.05) is 5.73 Å². The van der Waals surface area contributed by atoms with Gasteiger partial charge < -0.3 is 5.73 Å². The molecule has 0 saturated heterocycles. The van der Waals surface area contributed by atoms with Gasteiger partial charge in [0.1, 0.15) is 0 Å². The second-order valence-electron chi connectivity index (χ2n) is 4.22. The summed E-state index contributed by atoms with van der Waals surface area (Å²) in [4.78, 5) is 0.742. The van der Waals surface area contributed by atoms with Gasteiger partial charge in [-0.2, -0.15) is 5.10 Å². The molecule has 0 spiro atoms. The summed E-state index contributed by atoms with van der Waals surface area (Å²) in [6.07, 6.45) is 0. The summed E-state index contributed by atoms with van der Waals surface area (Å²) in [5, 5.41) is 4.92. The number of benzene rings is 1. The van der Waals surface area contributed by atoms with Crippen LogP contribution in [0.1, 0.15) is 18.3 Å². The molecule has 0 bridgehead atoms. The third-order valence-corrected chi connectivity index (χ3v) is 4.69. The topological polar surface area (TPSA) is 60.9 Å². The molecule has 4 nitrogen and oxygen atoms in total. The van der Waals surface area contributed by atoms with E-state index in [2.05, 4.69) is 5.10 Å². The molecule has 0 amide bonds. The third kappa shape index (κ3) is 2.98. The Balaban J connectivity index is 2.26. The Labute approximate surface area is 120 Å². The van der Waals surface area contributed by atoms with Gasteiger partial charge in [0.15, 0.2) is 0 Å². The zero-order chi connectivity index (χ0) is 14.0. The van der Waals surface area contributed by atoms with Gasteiger partial charge in [-0.1, -0.05) is 11.6 Å². The van der Waals surface area contributed by atoms with E-state index in [0.717, 1.165) is 16.3 Å². The standard InChI is InChI=1S/C13H16ClN3OS/c1-3-17-12(13(14)9(2)16-17)8-19(18)11-6-4-10(15)5-7-11/h4-7H,3,8,15H2,1-2H3. The SMILES string of the molecule is CCn1nc(C)c(Cl)c1CS(=O)c1ccc(N)cc1. The molecule has 0 radical (unpaired) electrons. The van der Waals surface area contributed by atoms with Crippen LogP contribution in [0.2, 0.25) is 5.02 Å². The quantitative estimate of drug-likeness (QED) is 0.883. The molecule has 2 N–H and O–H groups in total. The summed E-state index contributed by atoms with van der Waals surface area (Å²) in [5.74, 6) is 0.359. The molecule has 1 atom stereocenters. The Kier molecular flexibility index (Phi) is 4.27. The Bertz CT molecular complexity index is 607. The number of nitrogens with two attached hydrogens (primary N) is 1. The summed E-state index contributed by atoms with van der Waals surface area (Å²) in [5.41, 5.74) is 7.87. The van der Waals surface area contributed by atoms with E-state index in [-0.39, 0.29) is 0 Å². The maximum atomic E-state index is 12.3. The van der Waals surface area contributed by atoms with E-state index in [1.165, 1.54) is 0 Å². The molecule has 2 rings (SSSR count). The van der Waals surface area contributed by atoms with Crippen LogP contribution in [-0.4, -0.2) is 14.0 Å². The molecule has 0 fully saturated rings. The number of nitrogen functional groups attached to an aromatic ring is 1. The van der Waals surface area contributed by atoms with Crippen molar-refractivity contribution in [1.29, 1.82) is 0 Å². The molecule has 102 valence electrons. The molecule has 0 aliphatic rings. The van der Waals surface area contributed by atoms with E-state index in [0.29, 0.717) is 23.0 Å². The van der Waals surface area contributed by atoms with Crippen molar-refractivity contribution in [1.82, 2.24) is 9.78 Å². The summed E-state index contributed by atoms with van der Waals surface area (Å²) >= 11 is 6.21. The summed E-state index contributed by atoms with van der Waals surface area (Å²) in [7, 11) is -1.15. The molecular formula is C13H16ClN3OS. The van der Waals surface area contributed by atoms with Gasteiger partial charge in [-0.25, -0.2) is 0 Å². The molecule has 1 heterocycles. The predicted molar refractivity (Wildman–Crippen MR) is 78.6 cm³/mol. The highest BCUT2D eigenvalue weighted by molar-refractivity contribution is 7.84. The van der Waals surface area contributed by atoms with E-state index < -0.39 is 10.8 Å². The number of aryl methyl sites for hydroxylation is 2. The highest BCUT2D eigenvalue weighted by atomic mass is 35.5. The van der Waals surface area contributed by atoms with Gasteiger partial charge in [-0.15, -0.1) is 0 Å². The van der Waals surface area contributed by atoms with Crippen LogP contribution in [0.15, 0.2) is 29.2 Å². The van der Waals surface area contributed by atoms with Crippen molar-refractivity contribution in [3.8, 4) is 0 Å². The Morgan fingerprint density at radius 1 is 1.37 bits per heavy atom. The summed E-state index contributed by atoms with van der Waals surface area (Å²) in [6.45, 7) is 4.55. The Morgan fingerprint density at radius 2 is 2.00 bits per heavy atom. The first kappa shape index (κ1) is 14.1. The molecule has 1 aromatic carbocycles. The number of hydrogen-bond donors (Lipinski definition) is 1. The van der Waals surface area contributed by atoms with Crippen LogP contribution < -0.4 is 5.73 Å². The van der Waals surface area contributed by atoms with Crippen LogP contribution in [0.4, 0.5) is 5.69 Å². The van der Waals surface area contributed by atoms with Gasteiger partial charge in [0.2, 0.25) is 0 Å². The van der Waals surface area contributed by atoms with E-state index in [1.807, 2.05) is 13.8 Å². The lowest BCUT2D eigenvalue weighted by Crippen LogP contribution is -2.06. The lowest BCUT2D eigenvalue weighted by molar-refractivity contribution is 0.627. The van der Waals surface area contributed by atoms with E-state index >= 15 is 0 Å². The first-order valence-corrected chi connectivity index (χ1v) is 7.68. The zero-order valence-electron chi connectivity index (χ0n) is 10.9. The molecule has 0 aliphatic heterocycles. The minimum Gasteiger partial charge on any atom is -0.399 e. The van der Waals surface area contributed by atoms with Crippen molar-refractivity contribution in [3.63, 3.8) is 0 Å². The predicted octanol–water partition coefficient (Wildman–Crippen LogP) is 2.75. The highest BCUT2D eigenvalue weighted by Gasteiger charge is 2.16. The molecular weight excluding hydrogens is 282 g/mol. The summed E-state index contributed by atoms with van der Waals surface area (Å²) < 4.78 is 14.1.